The molecular formula is C9H8Cl2N2O2. The van der Waals surface area contributed by atoms with Crippen LogP contribution < -0.4 is 11.1 Å². The van der Waals surface area contributed by atoms with Crippen molar-refractivity contribution in [2.45, 2.75) is 6.42 Å². The number of urea groups is 1. The highest BCUT2D eigenvalue weighted by molar-refractivity contribution is 6.36. The number of amides is 3. The Labute approximate surface area is 96.3 Å². The molecule has 0 saturated heterocycles. The van der Waals surface area contributed by atoms with E-state index in [0.29, 0.717) is 15.6 Å². The molecule has 0 aromatic heterocycles. The number of carbonyl (C=O) groups is 2. The smallest absolute Gasteiger partial charge is 0.318 e. The molecule has 1 rings (SSSR count). The van der Waals surface area contributed by atoms with Crippen molar-refractivity contribution >= 4 is 35.1 Å². The lowest BCUT2D eigenvalue weighted by molar-refractivity contribution is -0.119. The van der Waals surface area contributed by atoms with Crippen molar-refractivity contribution < 1.29 is 9.59 Å². The van der Waals surface area contributed by atoms with Crippen LogP contribution in [0.2, 0.25) is 10.0 Å². The Morgan fingerprint density at radius 2 is 1.80 bits per heavy atom. The number of hydrogen-bond acceptors (Lipinski definition) is 2. The molecule has 0 fully saturated rings. The third-order valence-corrected chi connectivity index (χ3v) is 2.37. The lowest BCUT2D eigenvalue weighted by Gasteiger charge is -2.05. The molecule has 0 aliphatic carbocycles. The normalized spacial score (nSPS) is 9.73. The van der Waals surface area contributed by atoms with Gasteiger partial charge < -0.3 is 5.73 Å². The number of carbonyl (C=O) groups excluding carboxylic acids is 2. The number of hydrogen-bond donors (Lipinski definition) is 2. The molecule has 0 heterocycles. The summed E-state index contributed by atoms with van der Waals surface area (Å²) in [6.45, 7) is 0. The highest BCUT2D eigenvalue weighted by atomic mass is 35.5. The summed E-state index contributed by atoms with van der Waals surface area (Å²) in [4.78, 5) is 21.6. The Balaban J connectivity index is 2.80. The first-order chi connectivity index (χ1) is 7.00. The van der Waals surface area contributed by atoms with Gasteiger partial charge in [0, 0.05) is 10.0 Å². The van der Waals surface area contributed by atoms with E-state index in [1.54, 1.807) is 18.2 Å². The Kier molecular flexibility index (Phi) is 3.94. The second kappa shape index (κ2) is 5.00. The molecule has 0 aliphatic heterocycles. The third-order valence-electron chi connectivity index (χ3n) is 1.66. The second-order valence-electron chi connectivity index (χ2n) is 2.79. The van der Waals surface area contributed by atoms with Gasteiger partial charge in [-0.2, -0.15) is 0 Å². The molecule has 0 radical (unpaired) electrons. The van der Waals surface area contributed by atoms with Crippen molar-refractivity contribution in [2.24, 2.45) is 5.73 Å². The van der Waals surface area contributed by atoms with Gasteiger partial charge in [-0.15, -0.1) is 0 Å². The number of nitrogens with one attached hydrogen (secondary N) is 1. The van der Waals surface area contributed by atoms with Gasteiger partial charge in [-0.3, -0.25) is 10.1 Å². The first-order valence-electron chi connectivity index (χ1n) is 4.03. The summed E-state index contributed by atoms with van der Waals surface area (Å²) < 4.78 is 0. The van der Waals surface area contributed by atoms with Crippen LogP contribution in [0.5, 0.6) is 0 Å². The van der Waals surface area contributed by atoms with Crippen molar-refractivity contribution in [1.29, 1.82) is 0 Å². The largest absolute Gasteiger partial charge is 0.351 e. The van der Waals surface area contributed by atoms with Gasteiger partial charge in [-0.1, -0.05) is 29.3 Å². The minimum Gasteiger partial charge on any atom is -0.351 e. The minimum absolute atomic E-state index is 0.0819. The van der Waals surface area contributed by atoms with Crippen LogP contribution in [0, 0.1) is 0 Å². The van der Waals surface area contributed by atoms with Gasteiger partial charge in [-0.05, 0) is 17.7 Å². The van der Waals surface area contributed by atoms with E-state index < -0.39 is 11.9 Å². The van der Waals surface area contributed by atoms with E-state index in [-0.39, 0.29) is 6.42 Å². The fraction of sp³-hybridized carbons (Fsp3) is 0.111. The zero-order valence-corrected chi connectivity index (χ0v) is 9.10. The van der Waals surface area contributed by atoms with Gasteiger partial charge in [0.05, 0.1) is 6.42 Å². The summed E-state index contributed by atoms with van der Waals surface area (Å²) in [5.41, 5.74) is 5.26. The predicted octanol–water partition coefficient (Wildman–Crippen LogP) is 1.73. The topological polar surface area (TPSA) is 72.2 Å². The summed E-state index contributed by atoms with van der Waals surface area (Å²) in [7, 11) is 0. The third kappa shape index (κ3) is 3.42. The molecule has 1 aromatic rings. The highest BCUT2D eigenvalue weighted by Gasteiger charge is 2.11. The molecule has 3 amide bonds. The van der Waals surface area contributed by atoms with Crippen molar-refractivity contribution in [3.63, 3.8) is 0 Å². The van der Waals surface area contributed by atoms with Crippen LogP contribution in [-0.4, -0.2) is 11.9 Å². The average Bonchev–Trinajstić information content (AvgIpc) is 2.10. The second-order valence-corrected chi connectivity index (χ2v) is 3.60. The van der Waals surface area contributed by atoms with Crippen molar-refractivity contribution in [3.8, 4) is 0 Å². The van der Waals surface area contributed by atoms with E-state index in [2.05, 4.69) is 0 Å². The number of nitrogens with two attached hydrogens (primary N) is 1. The highest BCUT2D eigenvalue weighted by Crippen LogP contribution is 2.24. The fourth-order valence-electron chi connectivity index (χ4n) is 1.04. The molecule has 0 bridgehead atoms. The Hall–Kier alpha value is -1.26. The maximum Gasteiger partial charge on any atom is 0.318 e. The van der Waals surface area contributed by atoms with Crippen LogP contribution in [0.25, 0.3) is 0 Å². The van der Waals surface area contributed by atoms with Crippen LogP contribution in [0.4, 0.5) is 4.79 Å². The lowest BCUT2D eigenvalue weighted by atomic mass is 10.1. The van der Waals surface area contributed by atoms with Crippen LogP contribution in [-0.2, 0) is 11.2 Å². The van der Waals surface area contributed by atoms with Gasteiger partial charge in [0.15, 0.2) is 0 Å². The molecule has 0 saturated carbocycles. The molecule has 0 spiro atoms. The standard InChI is InChI=1S/C9H8Cl2N2O2/c10-6-2-1-3-7(11)5(6)4-8(14)13-9(12)15/h1-3H,4H2,(H3,12,13,14,15). The quantitative estimate of drug-likeness (QED) is 0.835. The van der Waals surface area contributed by atoms with E-state index in [1.807, 2.05) is 5.32 Å². The fourth-order valence-corrected chi connectivity index (χ4v) is 1.57. The van der Waals surface area contributed by atoms with Gasteiger partial charge in [0.2, 0.25) is 5.91 Å². The molecule has 15 heavy (non-hydrogen) atoms. The van der Waals surface area contributed by atoms with Crippen molar-refractivity contribution in [1.82, 2.24) is 5.32 Å². The molecule has 6 heteroatoms. The molecule has 0 atom stereocenters. The average molecular weight is 247 g/mol. The molecule has 4 nitrogen and oxygen atoms in total. The first-order valence-corrected chi connectivity index (χ1v) is 4.78. The maximum atomic E-state index is 11.2. The Morgan fingerprint density at radius 1 is 1.27 bits per heavy atom. The van der Waals surface area contributed by atoms with Gasteiger partial charge in [0.1, 0.15) is 0 Å². The summed E-state index contributed by atoms with van der Waals surface area (Å²) in [6.07, 6.45) is -0.0819. The molecule has 80 valence electrons. The number of benzene rings is 1. The number of rotatable bonds is 2. The van der Waals surface area contributed by atoms with Crippen molar-refractivity contribution in [2.75, 3.05) is 0 Å². The van der Waals surface area contributed by atoms with Gasteiger partial charge >= 0.3 is 6.03 Å². The molecule has 0 unspecified atom stereocenters. The van der Waals surface area contributed by atoms with Gasteiger partial charge in [0.25, 0.3) is 0 Å². The van der Waals surface area contributed by atoms with Gasteiger partial charge in [-0.25, -0.2) is 4.79 Å². The SMILES string of the molecule is NC(=O)NC(=O)Cc1c(Cl)cccc1Cl. The Bertz CT molecular complexity index is 387. The maximum absolute atomic E-state index is 11.2. The predicted molar refractivity (Wildman–Crippen MR) is 57.9 cm³/mol. The molecular weight excluding hydrogens is 239 g/mol. The van der Waals surface area contributed by atoms with Crippen LogP contribution in [0.1, 0.15) is 5.56 Å². The van der Waals surface area contributed by atoms with E-state index >= 15 is 0 Å². The molecule has 0 aliphatic rings. The number of imide groups is 1. The lowest BCUT2D eigenvalue weighted by Crippen LogP contribution is -2.36. The van der Waals surface area contributed by atoms with E-state index in [1.165, 1.54) is 0 Å². The number of halogens is 2. The van der Waals surface area contributed by atoms with E-state index in [9.17, 15) is 9.59 Å². The molecule has 1 aromatic carbocycles. The van der Waals surface area contributed by atoms with E-state index in [0.717, 1.165) is 0 Å². The first kappa shape index (κ1) is 11.8. The van der Waals surface area contributed by atoms with E-state index in [4.69, 9.17) is 28.9 Å². The van der Waals surface area contributed by atoms with Crippen molar-refractivity contribution in [3.05, 3.63) is 33.8 Å². The minimum atomic E-state index is -0.900. The summed E-state index contributed by atoms with van der Waals surface area (Å²) in [5, 5.41) is 2.68. The summed E-state index contributed by atoms with van der Waals surface area (Å²) in [5.74, 6) is -0.544. The molecule has 3 N–H and O–H groups in total. The monoisotopic (exact) mass is 246 g/mol. The zero-order chi connectivity index (χ0) is 11.4. The van der Waals surface area contributed by atoms with Crippen LogP contribution >= 0.6 is 23.2 Å². The summed E-state index contributed by atoms with van der Waals surface area (Å²) in [6, 6.07) is 3.99. The zero-order valence-electron chi connectivity index (χ0n) is 7.59. The van der Waals surface area contributed by atoms with Crippen LogP contribution in [0.3, 0.4) is 0 Å². The Morgan fingerprint density at radius 3 is 2.27 bits per heavy atom. The number of primary amides is 1. The van der Waals surface area contributed by atoms with Crippen LogP contribution in [0.15, 0.2) is 18.2 Å². The summed E-state index contributed by atoms with van der Waals surface area (Å²) >= 11 is 11.7.